The number of hydrogen-bond acceptors (Lipinski definition) is 6. The quantitative estimate of drug-likeness (QED) is 0.671. The number of nitrogens with zero attached hydrogens (tertiary/aromatic N) is 7. The van der Waals surface area contributed by atoms with Gasteiger partial charge in [0.1, 0.15) is 12.1 Å². The summed E-state index contributed by atoms with van der Waals surface area (Å²) in [6, 6.07) is 2.43. The van der Waals surface area contributed by atoms with Gasteiger partial charge in [-0.15, -0.1) is 0 Å². The molecule has 3 aromatic rings. The molecular formula is C18H18F3N7. The second-order valence-electron chi connectivity index (χ2n) is 7.43. The number of halogens is 3. The number of anilines is 2. The number of aryl methyl sites for hydroxylation is 1. The maximum absolute atomic E-state index is 13.3. The molecule has 2 aliphatic heterocycles. The van der Waals surface area contributed by atoms with Gasteiger partial charge in [-0.2, -0.15) is 13.2 Å². The first-order valence-corrected chi connectivity index (χ1v) is 9.06. The van der Waals surface area contributed by atoms with Crippen LogP contribution in [0, 0.1) is 11.8 Å². The molecule has 28 heavy (non-hydrogen) atoms. The first-order chi connectivity index (χ1) is 13.4. The van der Waals surface area contributed by atoms with Gasteiger partial charge in [-0.25, -0.2) is 19.9 Å². The fourth-order valence-corrected chi connectivity index (χ4v) is 4.37. The SMILES string of the molecule is Cn1cnc2c(N3CC4CN(c5ncccc5C(F)(F)F)CC4C3)ncnc21. The van der Waals surface area contributed by atoms with Crippen molar-refractivity contribution in [3.05, 3.63) is 36.5 Å². The molecule has 0 bridgehead atoms. The van der Waals surface area contributed by atoms with Crippen molar-refractivity contribution in [2.75, 3.05) is 36.0 Å². The molecule has 2 unspecified atom stereocenters. The van der Waals surface area contributed by atoms with E-state index in [1.54, 1.807) is 11.2 Å². The molecule has 146 valence electrons. The lowest BCUT2D eigenvalue weighted by Gasteiger charge is -2.25. The van der Waals surface area contributed by atoms with E-state index >= 15 is 0 Å². The molecule has 5 heterocycles. The van der Waals surface area contributed by atoms with Crippen molar-refractivity contribution >= 4 is 22.8 Å². The van der Waals surface area contributed by atoms with E-state index in [-0.39, 0.29) is 17.7 Å². The molecule has 2 aliphatic rings. The largest absolute Gasteiger partial charge is 0.419 e. The number of rotatable bonds is 2. The van der Waals surface area contributed by atoms with E-state index in [2.05, 4.69) is 24.8 Å². The summed E-state index contributed by atoms with van der Waals surface area (Å²) in [5, 5.41) is 0. The summed E-state index contributed by atoms with van der Waals surface area (Å²) < 4.78 is 41.8. The highest BCUT2D eigenvalue weighted by molar-refractivity contribution is 5.83. The highest BCUT2D eigenvalue weighted by Gasteiger charge is 2.44. The van der Waals surface area contributed by atoms with E-state index < -0.39 is 11.7 Å². The molecule has 7 nitrogen and oxygen atoms in total. The number of hydrogen-bond donors (Lipinski definition) is 0. The molecule has 0 amide bonds. The second kappa shape index (κ2) is 6.05. The van der Waals surface area contributed by atoms with Crippen LogP contribution in [0.2, 0.25) is 0 Å². The number of pyridine rings is 1. The lowest BCUT2D eigenvalue weighted by molar-refractivity contribution is -0.137. The van der Waals surface area contributed by atoms with Crippen LogP contribution < -0.4 is 9.80 Å². The average Bonchev–Trinajstić information content (AvgIpc) is 3.34. The van der Waals surface area contributed by atoms with Crippen LogP contribution in [-0.2, 0) is 13.2 Å². The van der Waals surface area contributed by atoms with Gasteiger partial charge in [-0.05, 0) is 12.1 Å². The molecule has 0 aromatic carbocycles. The predicted octanol–water partition coefficient (Wildman–Crippen LogP) is 2.35. The molecule has 0 spiro atoms. The maximum Gasteiger partial charge on any atom is 0.419 e. The number of fused-ring (bicyclic) bond motifs is 2. The van der Waals surface area contributed by atoms with Crippen molar-refractivity contribution in [2.24, 2.45) is 18.9 Å². The summed E-state index contributed by atoms with van der Waals surface area (Å²) in [5.41, 5.74) is 0.857. The van der Waals surface area contributed by atoms with Gasteiger partial charge in [-0.1, -0.05) is 0 Å². The third-order valence-electron chi connectivity index (χ3n) is 5.66. The van der Waals surface area contributed by atoms with Crippen LogP contribution in [0.15, 0.2) is 31.0 Å². The van der Waals surface area contributed by atoms with Crippen LogP contribution in [0.25, 0.3) is 11.2 Å². The van der Waals surface area contributed by atoms with Crippen molar-refractivity contribution in [1.82, 2.24) is 24.5 Å². The fourth-order valence-electron chi connectivity index (χ4n) is 4.37. The van der Waals surface area contributed by atoms with Gasteiger partial charge in [0, 0.05) is 51.3 Å². The van der Waals surface area contributed by atoms with E-state index in [4.69, 9.17) is 0 Å². The standard InChI is InChI=1S/C18H18F3N7/c1-26-10-25-14-16(26)23-9-24-17(14)28-7-11-5-27(6-12(11)8-28)15-13(18(19,20)21)3-2-4-22-15/h2-4,9-12H,5-8H2,1H3. The number of alkyl halides is 3. The van der Waals surface area contributed by atoms with Crippen molar-refractivity contribution < 1.29 is 13.2 Å². The summed E-state index contributed by atoms with van der Waals surface area (Å²) in [4.78, 5) is 21.1. The van der Waals surface area contributed by atoms with Crippen molar-refractivity contribution in [3.8, 4) is 0 Å². The molecule has 2 fully saturated rings. The van der Waals surface area contributed by atoms with Gasteiger partial charge in [0.05, 0.1) is 11.9 Å². The summed E-state index contributed by atoms with van der Waals surface area (Å²) >= 11 is 0. The topological polar surface area (TPSA) is 63.0 Å². The Morgan fingerprint density at radius 1 is 0.929 bits per heavy atom. The van der Waals surface area contributed by atoms with Gasteiger partial charge >= 0.3 is 6.18 Å². The first kappa shape index (κ1) is 17.2. The second-order valence-corrected chi connectivity index (χ2v) is 7.43. The third kappa shape index (κ3) is 2.66. The average molecular weight is 389 g/mol. The Labute approximate surface area is 158 Å². The van der Waals surface area contributed by atoms with Crippen molar-refractivity contribution in [1.29, 1.82) is 0 Å². The summed E-state index contributed by atoms with van der Waals surface area (Å²) in [6.45, 7) is 2.57. The molecule has 2 saturated heterocycles. The van der Waals surface area contributed by atoms with Crippen LogP contribution in [0.4, 0.5) is 24.8 Å². The van der Waals surface area contributed by atoms with Gasteiger partial charge in [0.25, 0.3) is 0 Å². The normalized spacial score (nSPS) is 22.3. The molecule has 0 N–H and O–H groups in total. The maximum atomic E-state index is 13.3. The lowest BCUT2D eigenvalue weighted by atomic mass is 10.0. The number of aromatic nitrogens is 5. The van der Waals surface area contributed by atoms with Crippen LogP contribution in [0.5, 0.6) is 0 Å². The predicted molar refractivity (Wildman–Crippen MR) is 96.9 cm³/mol. The first-order valence-electron chi connectivity index (χ1n) is 9.06. The number of imidazole rings is 1. The van der Waals surface area contributed by atoms with Gasteiger partial charge in [-0.3, -0.25) is 0 Å². The minimum absolute atomic E-state index is 0.0325. The van der Waals surface area contributed by atoms with Crippen LogP contribution >= 0.6 is 0 Å². The van der Waals surface area contributed by atoms with Crippen molar-refractivity contribution in [3.63, 3.8) is 0 Å². The van der Waals surface area contributed by atoms with Crippen LogP contribution in [0.3, 0.4) is 0 Å². The van der Waals surface area contributed by atoms with Gasteiger partial charge < -0.3 is 14.4 Å². The Hall–Kier alpha value is -2.91. The van der Waals surface area contributed by atoms with Gasteiger partial charge in [0.2, 0.25) is 0 Å². The zero-order chi connectivity index (χ0) is 19.5. The molecule has 3 aromatic heterocycles. The highest BCUT2D eigenvalue weighted by atomic mass is 19.4. The lowest BCUT2D eigenvalue weighted by Crippen LogP contribution is -2.31. The van der Waals surface area contributed by atoms with E-state index in [1.807, 2.05) is 11.6 Å². The Kier molecular flexibility index (Phi) is 3.72. The Bertz CT molecular complexity index is 1020. The molecule has 10 heteroatoms. The van der Waals surface area contributed by atoms with Crippen LogP contribution in [-0.4, -0.2) is 50.7 Å². The minimum Gasteiger partial charge on any atom is -0.355 e. The van der Waals surface area contributed by atoms with Gasteiger partial charge in [0.15, 0.2) is 17.0 Å². The molecule has 2 atom stereocenters. The molecule has 5 rings (SSSR count). The smallest absolute Gasteiger partial charge is 0.355 e. The fraction of sp³-hybridized carbons (Fsp3) is 0.444. The van der Waals surface area contributed by atoms with E-state index in [0.29, 0.717) is 13.1 Å². The molecular weight excluding hydrogens is 371 g/mol. The molecule has 0 saturated carbocycles. The summed E-state index contributed by atoms with van der Waals surface area (Å²) in [6.07, 6.45) is 0.257. The Balaban J connectivity index is 1.37. The van der Waals surface area contributed by atoms with E-state index in [1.165, 1.54) is 18.6 Å². The molecule has 0 aliphatic carbocycles. The third-order valence-corrected chi connectivity index (χ3v) is 5.66. The summed E-state index contributed by atoms with van der Waals surface area (Å²) in [7, 11) is 1.88. The monoisotopic (exact) mass is 389 g/mol. The van der Waals surface area contributed by atoms with Crippen molar-refractivity contribution in [2.45, 2.75) is 6.18 Å². The zero-order valence-electron chi connectivity index (χ0n) is 15.1. The van der Waals surface area contributed by atoms with Crippen LogP contribution in [0.1, 0.15) is 5.56 Å². The molecule has 0 radical (unpaired) electrons. The van der Waals surface area contributed by atoms with E-state index in [9.17, 15) is 13.2 Å². The minimum atomic E-state index is -4.40. The Morgan fingerprint density at radius 3 is 2.29 bits per heavy atom. The van der Waals surface area contributed by atoms with E-state index in [0.717, 1.165) is 36.1 Å². The zero-order valence-corrected chi connectivity index (χ0v) is 15.1. The Morgan fingerprint density at radius 2 is 1.61 bits per heavy atom. The highest BCUT2D eigenvalue weighted by Crippen LogP contribution is 2.40. The summed E-state index contributed by atoms with van der Waals surface area (Å²) in [5.74, 6) is 1.35.